The Morgan fingerprint density at radius 2 is 0.913 bits per heavy atom. The quantitative estimate of drug-likeness (QED) is 0.640. The molecule has 1 aromatic heterocycles. The molecule has 0 unspecified atom stereocenters. The molecule has 3 rings (SSSR count). The molecule has 0 aliphatic rings. The summed E-state index contributed by atoms with van der Waals surface area (Å²) in [5.41, 5.74) is 6.05. The van der Waals surface area contributed by atoms with Crippen molar-refractivity contribution >= 4 is 14.5 Å². The summed E-state index contributed by atoms with van der Waals surface area (Å²) in [7, 11) is 0. The van der Waals surface area contributed by atoms with Gasteiger partial charge in [0.25, 0.3) is 0 Å². The third-order valence-electron chi connectivity index (χ3n) is 4.16. The molecule has 0 saturated heterocycles. The molecule has 0 bridgehead atoms. The minimum absolute atomic E-state index is 0.228. The first-order chi connectivity index (χ1) is 10.9. The Morgan fingerprint density at radius 3 is 1.22 bits per heavy atom. The molecule has 3 aromatic rings. The fourth-order valence-electron chi connectivity index (χ4n) is 2.84. The molecule has 2 aromatic carbocycles. The second kappa shape index (κ2) is 5.92. The number of phenolic OH excluding ortho intramolecular Hbond substituents is 2. The van der Waals surface area contributed by atoms with Gasteiger partial charge in [-0.1, -0.05) is 0 Å². The minimum atomic E-state index is 0.228. The van der Waals surface area contributed by atoms with E-state index in [9.17, 15) is 10.2 Å². The van der Waals surface area contributed by atoms with Gasteiger partial charge < -0.3 is 0 Å². The van der Waals surface area contributed by atoms with Gasteiger partial charge in [0.1, 0.15) is 0 Å². The summed E-state index contributed by atoms with van der Waals surface area (Å²) >= 11 is 0.228. The zero-order chi connectivity index (χ0) is 16.7. The first-order valence-corrected chi connectivity index (χ1v) is 9.29. The maximum absolute atomic E-state index is 9.94. The molecule has 0 atom stereocenters. The van der Waals surface area contributed by atoms with E-state index in [0.29, 0.717) is 11.5 Å². The van der Waals surface area contributed by atoms with Crippen molar-refractivity contribution in [3.05, 3.63) is 58.7 Å². The Bertz CT molecular complexity index is 772. The summed E-state index contributed by atoms with van der Waals surface area (Å²) in [5, 5.41) is 19.9. The van der Waals surface area contributed by atoms with Gasteiger partial charge in [0.15, 0.2) is 0 Å². The van der Waals surface area contributed by atoms with E-state index in [2.05, 4.69) is 36.4 Å². The Hall–Kier alpha value is -1.96. The van der Waals surface area contributed by atoms with Crippen molar-refractivity contribution in [2.45, 2.75) is 27.7 Å². The normalized spacial score (nSPS) is 11.0. The Balaban J connectivity index is 2.04. The molecule has 0 aliphatic heterocycles. The first-order valence-electron chi connectivity index (χ1n) is 7.58. The second-order valence-corrected chi connectivity index (χ2v) is 8.36. The van der Waals surface area contributed by atoms with E-state index in [-0.39, 0.29) is 14.5 Å². The average Bonchev–Trinajstić information content (AvgIpc) is 2.99. The van der Waals surface area contributed by atoms with Crippen molar-refractivity contribution in [1.29, 1.82) is 0 Å². The molecule has 23 heavy (non-hydrogen) atoms. The zero-order valence-electron chi connectivity index (χ0n) is 13.8. The molecule has 0 saturated carbocycles. The van der Waals surface area contributed by atoms with Crippen LogP contribution in [0.5, 0.6) is 11.5 Å². The molecule has 3 heteroatoms. The predicted octanol–water partition coefficient (Wildman–Crippen LogP) is 4.72. The number of phenols is 2. The van der Waals surface area contributed by atoms with Gasteiger partial charge in [-0.25, -0.2) is 0 Å². The van der Waals surface area contributed by atoms with Gasteiger partial charge in [-0.2, -0.15) is 0 Å². The fraction of sp³-hybridized carbons (Fsp3) is 0.200. The number of hydrogen-bond donors (Lipinski definition) is 2. The molecular formula is C20H20O2Se. The Morgan fingerprint density at radius 1 is 0.609 bits per heavy atom. The van der Waals surface area contributed by atoms with Crippen LogP contribution in [0, 0.1) is 27.7 Å². The van der Waals surface area contributed by atoms with Crippen LogP contribution in [-0.2, 0) is 0 Å². The van der Waals surface area contributed by atoms with Crippen LogP contribution < -0.4 is 0 Å². The summed E-state index contributed by atoms with van der Waals surface area (Å²) in [5.74, 6) is 0.774. The van der Waals surface area contributed by atoms with E-state index in [0.717, 1.165) is 22.3 Å². The summed E-state index contributed by atoms with van der Waals surface area (Å²) in [6.45, 7) is 7.76. The van der Waals surface area contributed by atoms with Crippen molar-refractivity contribution in [1.82, 2.24) is 0 Å². The standard InChI is InChI=1S/C20H20O2Se/c1-11-7-15(8-12(2)19(11)21)17-5-6-18(23-17)16-9-13(3)20(22)14(4)10-16/h5-10,21-22H,1-4H3. The van der Waals surface area contributed by atoms with Crippen LogP contribution in [0.25, 0.3) is 20.0 Å². The van der Waals surface area contributed by atoms with Crippen molar-refractivity contribution < 1.29 is 10.2 Å². The monoisotopic (exact) mass is 372 g/mol. The molecule has 2 N–H and O–H groups in total. The van der Waals surface area contributed by atoms with Crippen LogP contribution in [-0.4, -0.2) is 24.7 Å². The van der Waals surface area contributed by atoms with E-state index in [1.165, 1.54) is 20.0 Å². The van der Waals surface area contributed by atoms with Gasteiger partial charge in [-0.15, -0.1) is 0 Å². The Kier molecular flexibility index (Phi) is 4.09. The third-order valence-corrected chi connectivity index (χ3v) is 6.64. The maximum atomic E-state index is 9.94. The van der Waals surface area contributed by atoms with Gasteiger partial charge in [0, 0.05) is 0 Å². The van der Waals surface area contributed by atoms with Crippen LogP contribution in [0.15, 0.2) is 36.4 Å². The van der Waals surface area contributed by atoms with Crippen LogP contribution in [0.2, 0.25) is 0 Å². The predicted molar refractivity (Wildman–Crippen MR) is 96.5 cm³/mol. The molecule has 2 nitrogen and oxygen atoms in total. The number of hydrogen-bond acceptors (Lipinski definition) is 2. The zero-order valence-corrected chi connectivity index (χ0v) is 15.5. The van der Waals surface area contributed by atoms with Crippen LogP contribution >= 0.6 is 0 Å². The second-order valence-electron chi connectivity index (χ2n) is 6.08. The number of aromatic hydroxyl groups is 2. The molecule has 118 valence electrons. The van der Waals surface area contributed by atoms with Gasteiger partial charge in [0.2, 0.25) is 0 Å². The molecule has 1 heterocycles. The van der Waals surface area contributed by atoms with Crippen LogP contribution in [0.1, 0.15) is 22.3 Å². The van der Waals surface area contributed by atoms with Crippen molar-refractivity contribution in [2.24, 2.45) is 0 Å². The molecule has 0 fully saturated rings. The number of benzene rings is 2. The third kappa shape index (κ3) is 2.95. The fourth-order valence-corrected chi connectivity index (χ4v) is 4.90. The summed E-state index contributed by atoms with van der Waals surface area (Å²) in [6, 6.07) is 12.6. The molecule has 0 aliphatic carbocycles. The van der Waals surface area contributed by atoms with Crippen LogP contribution in [0.3, 0.4) is 0 Å². The number of aryl methyl sites for hydroxylation is 4. The summed E-state index contributed by atoms with van der Waals surface area (Å²) in [6.07, 6.45) is 0. The molecule has 0 spiro atoms. The Labute approximate surface area is 142 Å². The van der Waals surface area contributed by atoms with Crippen molar-refractivity contribution in [3.8, 4) is 31.5 Å². The molecule has 0 amide bonds. The van der Waals surface area contributed by atoms with Gasteiger partial charge in [-0.3, -0.25) is 0 Å². The van der Waals surface area contributed by atoms with E-state index in [1.807, 2.05) is 27.7 Å². The van der Waals surface area contributed by atoms with E-state index in [1.54, 1.807) is 0 Å². The SMILES string of the molecule is Cc1cc(-c2ccc(-c3cc(C)c(O)c(C)c3)[se]2)cc(C)c1O. The van der Waals surface area contributed by atoms with Crippen molar-refractivity contribution in [3.63, 3.8) is 0 Å². The van der Waals surface area contributed by atoms with Gasteiger partial charge in [-0.05, 0) is 0 Å². The topological polar surface area (TPSA) is 40.5 Å². The van der Waals surface area contributed by atoms with E-state index >= 15 is 0 Å². The summed E-state index contributed by atoms with van der Waals surface area (Å²) in [4.78, 5) is 0. The van der Waals surface area contributed by atoms with Gasteiger partial charge in [0.05, 0.1) is 0 Å². The van der Waals surface area contributed by atoms with Crippen LogP contribution in [0.4, 0.5) is 0 Å². The first kappa shape index (κ1) is 15.9. The molecule has 0 radical (unpaired) electrons. The van der Waals surface area contributed by atoms with E-state index in [4.69, 9.17) is 0 Å². The number of rotatable bonds is 2. The van der Waals surface area contributed by atoms with Gasteiger partial charge >= 0.3 is 143 Å². The van der Waals surface area contributed by atoms with E-state index < -0.39 is 0 Å². The van der Waals surface area contributed by atoms with Crippen molar-refractivity contribution in [2.75, 3.05) is 0 Å². The summed E-state index contributed by atoms with van der Waals surface area (Å²) < 4.78 is 2.64. The molecular weight excluding hydrogens is 351 g/mol. The average molecular weight is 371 g/mol.